The van der Waals surface area contributed by atoms with Gasteiger partial charge in [0.15, 0.2) is 0 Å². The first kappa shape index (κ1) is 13.7. The van der Waals surface area contributed by atoms with Gasteiger partial charge in [0.2, 0.25) is 11.8 Å². The molecule has 0 bridgehead atoms. The summed E-state index contributed by atoms with van der Waals surface area (Å²) in [7, 11) is 0. The zero-order valence-electron chi connectivity index (χ0n) is 10.1. The molecule has 0 fully saturated rings. The molecule has 0 saturated heterocycles. The molecule has 1 rings (SSSR count). The molecule has 0 saturated carbocycles. The third kappa shape index (κ3) is 3.09. The first-order chi connectivity index (χ1) is 8.47. The van der Waals surface area contributed by atoms with Crippen LogP contribution in [0.15, 0.2) is 18.2 Å². The fourth-order valence-electron chi connectivity index (χ4n) is 1.48. The third-order valence-corrected chi connectivity index (χ3v) is 2.53. The van der Waals surface area contributed by atoms with Crippen LogP contribution in [0.4, 0.5) is 5.69 Å². The number of carbonyl (C=O) groups excluding carboxylic acids is 2. The summed E-state index contributed by atoms with van der Waals surface area (Å²) < 4.78 is 0. The predicted molar refractivity (Wildman–Crippen MR) is 69.8 cm³/mol. The average Bonchev–Trinajstić information content (AvgIpc) is 2.31. The summed E-state index contributed by atoms with van der Waals surface area (Å²) in [4.78, 5) is 22.8. The van der Waals surface area contributed by atoms with Crippen LogP contribution in [0.1, 0.15) is 22.3 Å². The summed E-state index contributed by atoms with van der Waals surface area (Å²) in [5.74, 6) is 1.38. The van der Waals surface area contributed by atoms with E-state index in [1.165, 1.54) is 0 Å². The number of anilines is 1. The Balaban J connectivity index is 2.93. The van der Waals surface area contributed by atoms with Crippen molar-refractivity contribution >= 4 is 17.5 Å². The molecule has 94 valence electrons. The topological polar surface area (TPSA) is 98.2 Å². The van der Waals surface area contributed by atoms with E-state index >= 15 is 0 Å². The van der Waals surface area contributed by atoms with Crippen molar-refractivity contribution in [1.29, 1.82) is 0 Å². The van der Waals surface area contributed by atoms with Crippen molar-refractivity contribution in [3.8, 4) is 12.3 Å². The molecule has 0 aliphatic heterocycles. The van der Waals surface area contributed by atoms with E-state index < -0.39 is 17.9 Å². The van der Waals surface area contributed by atoms with Crippen LogP contribution in [0.25, 0.3) is 0 Å². The molecule has 5 N–H and O–H groups in total. The highest BCUT2D eigenvalue weighted by Gasteiger charge is 2.15. The standard InChI is InChI=1S/C13H15N3O2/c1-3-5-10(14)13(18)16-11-7-4-6-9(8(11)2)12(15)17/h1,4,6-7,10H,5,14H2,2H3,(H2,15,17)(H,16,18). The van der Waals surface area contributed by atoms with Gasteiger partial charge in [-0.05, 0) is 24.6 Å². The smallest absolute Gasteiger partial charge is 0.249 e. The zero-order valence-corrected chi connectivity index (χ0v) is 10.1. The van der Waals surface area contributed by atoms with Gasteiger partial charge in [0.05, 0.1) is 6.04 Å². The molecule has 5 heteroatoms. The van der Waals surface area contributed by atoms with Gasteiger partial charge in [0, 0.05) is 17.7 Å². The first-order valence-electron chi connectivity index (χ1n) is 5.36. The maximum atomic E-state index is 11.7. The van der Waals surface area contributed by atoms with E-state index in [0.717, 1.165) is 0 Å². The number of amides is 2. The van der Waals surface area contributed by atoms with Crippen LogP contribution in [0.3, 0.4) is 0 Å². The maximum absolute atomic E-state index is 11.7. The van der Waals surface area contributed by atoms with Crippen molar-refractivity contribution in [3.63, 3.8) is 0 Å². The van der Waals surface area contributed by atoms with E-state index in [2.05, 4.69) is 11.2 Å². The van der Waals surface area contributed by atoms with Crippen LogP contribution in [0, 0.1) is 19.3 Å². The molecule has 0 aliphatic carbocycles. The van der Waals surface area contributed by atoms with Crippen molar-refractivity contribution in [1.82, 2.24) is 0 Å². The second-order valence-corrected chi connectivity index (χ2v) is 3.85. The summed E-state index contributed by atoms with van der Waals surface area (Å²) in [5.41, 5.74) is 12.3. The number of hydrogen-bond acceptors (Lipinski definition) is 3. The summed E-state index contributed by atoms with van der Waals surface area (Å²) in [6, 6.07) is 4.12. The molecule has 0 spiro atoms. The summed E-state index contributed by atoms with van der Waals surface area (Å²) in [6.07, 6.45) is 5.24. The number of primary amides is 1. The lowest BCUT2D eigenvalue weighted by Crippen LogP contribution is -2.35. The van der Waals surface area contributed by atoms with Crippen LogP contribution < -0.4 is 16.8 Å². The maximum Gasteiger partial charge on any atom is 0.249 e. The Labute approximate surface area is 106 Å². The van der Waals surface area contributed by atoms with Crippen molar-refractivity contribution in [3.05, 3.63) is 29.3 Å². The summed E-state index contributed by atoms with van der Waals surface area (Å²) in [5, 5.41) is 2.62. The molecular weight excluding hydrogens is 230 g/mol. The van der Waals surface area contributed by atoms with Gasteiger partial charge < -0.3 is 16.8 Å². The quantitative estimate of drug-likeness (QED) is 0.669. The molecule has 1 atom stereocenters. The van der Waals surface area contributed by atoms with Crippen molar-refractivity contribution in [2.24, 2.45) is 11.5 Å². The highest BCUT2D eigenvalue weighted by Crippen LogP contribution is 2.18. The van der Waals surface area contributed by atoms with E-state index in [1.54, 1.807) is 25.1 Å². The molecule has 1 aromatic rings. The monoisotopic (exact) mass is 245 g/mol. The van der Waals surface area contributed by atoms with Crippen LogP contribution >= 0.6 is 0 Å². The zero-order chi connectivity index (χ0) is 13.7. The van der Waals surface area contributed by atoms with Gasteiger partial charge >= 0.3 is 0 Å². The summed E-state index contributed by atoms with van der Waals surface area (Å²) >= 11 is 0. The van der Waals surface area contributed by atoms with Crippen LogP contribution in [0.5, 0.6) is 0 Å². The minimum absolute atomic E-state index is 0.153. The highest BCUT2D eigenvalue weighted by molar-refractivity contribution is 5.99. The fourth-order valence-corrected chi connectivity index (χ4v) is 1.48. The van der Waals surface area contributed by atoms with Crippen LogP contribution in [-0.2, 0) is 4.79 Å². The van der Waals surface area contributed by atoms with Gasteiger partial charge in [-0.1, -0.05) is 6.07 Å². The normalized spacial score (nSPS) is 11.4. The number of terminal acetylenes is 1. The molecule has 0 radical (unpaired) electrons. The van der Waals surface area contributed by atoms with Crippen LogP contribution in [0.2, 0.25) is 0 Å². The second-order valence-electron chi connectivity index (χ2n) is 3.85. The van der Waals surface area contributed by atoms with E-state index in [9.17, 15) is 9.59 Å². The largest absolute Gasteiger partial charge is 0.366 e. The molecule has 0 aromatic heterocycles. The Hall–Kier alpha value is -2.32. The van der Waals surface area contributed by atoms with E-state index in [4.69, 9.17) is 17.9 Å². The van der Waals surface area contributed by atoms with Crippen molar-refractivity contribution in [2.45, 2.75) is 19.4 Å². The van der Waals surface area contributed by atoms with Crippen LogP contribution in [-0.4, -0.2) is 17.9 Å². The fraction of sp³-hybridized carbons (Fsp3) is 0.231. The summed E-state index contributed by atoms with van der Waals surface area (Å²) in [6.45, 7) is 1.70. The molecule has 0 heterocycles. The van der Waals surface area contributed by atoms with Gasteiger partial charge in [-0.3, -0.25) is 9.59 Å². The Bertz CT molecular complexity index is 517. The number of nitrogens with two attached hydrogens (primary N) is 2. The third-order valence-electron chi connectivity index (χ3n) is 2.53. The molecule has 1 aromatic carbocycles. The number of nitrogens with one attached hydrogen (secondary N) is 1. The number of hydrogen-bond donors (Lipinski definition) is 3. The van der Waals surface area contributed by atoms with E-state index in [0.29, 0.717) is 16.8 Å². The van der Waals surface area contributed by atoms with Gasteiger partial charge in [-0.15, -0.1) is 12.3 Å². The van der Waals surface area contributed by atoms with E-state index in [-0.39, 0.29) is 6.42 Å². The van der Waals surface area contributed by atoms with E-state index in [1.807, 2.05) is 0 Å². The van der Waals surface area contributed by atoms with Gasteiger partial charge in [-0.25, -0.2) is 0 Å². The minimum atomic E-state index is -0.772. The number of rotatable bonds is 4. The van der Waals surface area contributed by atoms with Gasteiger partial charge in [0.25, 0.3) is 0 Å². The Morgan fingerprint density at radius 1 is 1.50 bits per heavy atom. The highest BCUT2D eigenvalue weighted by atomic mass is 16.2. The second kappa shape index (κ2) is 5.84. The minimum Gasteiger partial charge on any atom is -0.366 e. The molecule has 0 aliphatic rings. The Kier molecular flexibility index (Phi) is 4.46. The Morgan fingerprint density at radius 2 is 2.17 bits per heavy atom. The molecule has 2 amide bonds. The molecule has 18 heavy (non-hydrogen) atoms. The average molecular weight is 245 g/mol. The van der Waals surface area contributed by atoms with Crippen molar-refractivity contribution in [2.75, 3.05) is 5.32 Å². The number of carbonyl (C=O) groups is 2. The predicted octanol–water partition coefficient (Wildman–Crippen LogP) is 0.383. The lowest BCUT2D eigenvalue weighted by atomic mass is 10.1. The Morgan fingerprint density at radius 3 is 2.72 bits per heavy atom. The molecule has 5 nitrogen and oxygen atoms in total. The number of benzene rings is 1. The lowest BCUT2D eigenvalue weighted by Gasteiger charge is -2.13. The molecule has 1 unspecified atom stereocenters. The first-order valence-corrected chi connectivity index (χ1v) is 5.36. The van der Waals surface area contributed by atoms with Gasteiger partial charge in [0.1, 0.15) is 0 Å². The van der Waals surface area contributed by atoms with Gasteiger partial charge in [-0.2, -0.15) is 0 Å². The lowest BCUT2D eigenvalue weighted by molar-refractivity contribution is -0.117. The molecular formula is C13H15N3O2. The SMILES string of the molecule is C#CCC(N)C(=O)Nc1cccc(C(N)=O)c1C. The van der Waals surface area contributed by atoms with Crippen molar-refractivity contribution < 1.29 is 9.59 Å².